The summed E-state index contributed by atoms with van der Waals surface area (Å²) < 4.78 is 46.7. The molecule has 148 valence electrons. The van der Waals surface area contributed by atoms with Gasteiger partial charge in [-0.1, -0.05) is 0 Å². The summed E-state index contributed by atoms with van der Waals surface area (Å²) in [6, 6.07) is 8.37. The minimum atomic E-state index is -0.610. The van der Waals surface area contributed by atoms with E-state index >= 15 is 0 Å². The quantitative estimate of drug-likeness (QED) is 0.560. The number of fused-ring (bicyclic) bond motifs is 1. The first-order valence-corrected chi connectivity index (χ1v) is 9.53. The minimum absolute atomic E-state index is 0.212. The number of H-pyrrole nitrogens is 1. The van der Waals surface area contributed by atoms with Crippen LogP contribution >= 0.6 is 0 Å². The van der Waals surface area contributed by atoms with Crippen molar-refractivity contribution in [3.63, 3.8) is 0 Å². The maximum absolute atomic E-state index is 14.4. The monoisotopic (exact) mass is 388 g/mol. The van der Waals surface area contributed by atoms with Gasteiger partial charge < -0.3 is 15.0 Å². The van der Waals surface area contributed by atoms with Crippen LogP contribution in [0.2, 0.25) is 0 Å². The molecular formula is C22H23F3N2O. The third kappa shape index (κ3) is 3.66. The Morgan fingerprint density at radius 1 is 1.07 bits per heavy atom. The summed E-state index contributed by atoms with van der Waals surface area (Å²) in [6.45, 7) is 2.38. The second-order valence-electron chi connectivity index (χ2n) is 7.46. The Kier molecular flexibility index (Phi) is 5.42. The Labute approximate surface area is 161 Å². The molecule has 0 saturated heterocycles. The van der Waals surface area contributed by atoms with Crippen molar-refractivity contribution in [2.75, 3.05) is 26.8 Å². The molecule has 1 saturated carbocycles. The van der Waals surface area contributed by atoms with E-state index in [9.17, 15) is 13.2 Å². The lowest BCUT2D eigenvalue weighted by molar-refractivity contribution is 0.190. The zero-order chi connectivity index (χ0) is 19.7. The van der Waals surface area contributed by atoms with Crippen molar-refractivity contribution in [1.29, 1.82) is 0 Å². The molecule has 1 heterocycles. The van der Waals surface area contributed by atoms with Crippen molar-refractivity contribution in [2.45, 2.75) is 18.8 Å². The second-order valence-corrected chi connectivity index (χ2v) is 7.46. The van der Waals surface area contributed by atoms with Crippen molar-refractivity contribution in [1.82, 2.24) is 10.3 Å². The van der Waals surface area contributed by atoms with Gasteiger partial charge in [-0.2, -0.15) is 0 Å². The van der Waals surface area contributed by atoms with E-state index in [-0.39, 0.29) is 11.7 Å². The van der Waals surface area contributed by atoms with Crippen molar-refractivity contribution < 1.29 is 17.9 Å². The lowest BCUT2D eigenvalue weighted by atomic mass is 9.70. The van der Waals surface area contributed by atoms with Gasteiger partial charge in [-0.15, -0.1) is 0 Å². The van der Waals surface area contributed by atoms with Gasteiger partial charge in [0, 0.05) is 25.1 Å². The van der Waals surface area contributed by atoms with Gasteiger partial charge in [0.05, 0.1) is 17.8 Å². The summed E-state index contributed by atoms with van der Waals surface area (Å²) in [4.78, 5) is 3.12. The fourth-order valence-electron chi connectivity index (χ4n) is 4.13. The topological polar surface area (TPSA) is 37.0 Å². The van der Waals surface area contributed by atoms with E-state index < -0.39 is 11.6 Å². The highest BCUT2D eigenvalue weighted by molar-refractivity contribution is 5.92. The summed E-state index contributed by atoms with van der Waals surface area (Å²) in [6.07, 6.45) is 1.89. The van der Waals surface area contributed by atoms with Crippen LogP contribution in [0.1, 0.15) is 24.3 Å². The SMILES string of the molecule is COCCNCC1CC(c2c(-c3ccc(F)cc3)[nH]c3c(F)cc(F)cc23)C1. The molecule has 0 atom stereocenters. The third-order valence-corrected chi connectivity index (χ3v) is 5.56. The van der Waals surface area contributed by atoms with E-state index in [1.54, 1.807) is 19.2 Å². The van der Waals surface area contributed by atoms with E-state index in [2.05, 4.69) is 10.3 Å². The van der Waals surface area contributed by atoms with Crippen LogP contribution in [0.15, 0.2) is 36.4 Å². The van der Waals surface area contributed by atoms with Crippen LogP contribution in [0.25, 0.3) is 22.2 Å². The van der Waals surface area contributed by atoms with Gasteiger partial charge in [-0.25, -0.2) is 13.2 Å². The molecule has 0 aliphatic heterocycles. The molecule has 4 rings (SSSR count). The average molecular weight is 388 g/mol. The predicted molar refractivity (Wildman–Crippen MR) is 104 cm³/mol. The van der Waals surface area contributed by atoms with Gasteiger partial charge in [0.15, 0.2) is 0 Å². The molecule has 28 heavy (non-hydrogen) atoms. The Morgan fingerprint density at radius 2 is 1.82 bits per heavy atom. The highest BCUT2D eigenvalue weighted by Gasteiger charge is 2.34. The average Bonchev–Trinajstić information content (AvgIpc) is 3.00. The number of rotatable bonds is 7. The molecule has 6 heteroatoms. The number of nitrogens with one attached hydrogen (secondary N) is 2. The zero-order valence-corrected chi connectivity index (χ0v) is 15.7. The van der Waals surface area contributed by atoms with Gasteiger partial charge in [0.25, 0.3) is 0 Å². The first-order chi connectivity index (χ1) is 13.6. The molecule has 3 aromatic rings. The Balaban J connectivity index is 1.65. The summed E-state index contributed by atoms with van der Waals surface area (Å²) in [5.74, 6) is -0.797. The fourth-order valence-corrected chi connectivity index (χ4v) is 4.13. The minimum Gasteiger partial charge on any atom is -0.383 e. The van der Waals surface area contributed by atoms with Crippen LogP contribution in [0.4, 0.5) is 13.2 Å². The third-order valence-electron chi connectivity index (χ3n) is 5.56. The molecule has 1 aromatic heterocycles. The number of halogens is 3. The van der Waals surface area contributed by atoms with Crippen molar-refractivity contribution in [3.8, 4) is 11.3 Å². The Bertz CT molecular complexity index is 962. The standard InChI is InChI=1S/C22H23F3N2O/c1-28-7-6-26-12-13-8-15(9-13)20-18-10-17(24)11-19(25)22(18)27-21(20)14-2-4-16(23)5-3-14/h2-5,10-11,13,15,26-27H,6-9,12H2,1H3. The summed E-state index contributed by atoms with van der Waals surface area (Å²) >= 11 is 0. The van der Waals surface area contributed by atoms with Crippen LogP contribution in [0.3, 0.4) is 0 Å². The first-order valence-electron chi connectivity index (χ1n) is 9.53. The van der Waals surface area contributed by atoms with Crippen LogP contribution in [0.5, 0.6) is 0 Å². The van der Waals surface area contributed by atoms with Crippen LogP contribution in [-0.4, -0.2) is 31.8 Å². The van der Waals surface area contributed by atoms with E-state index in [1.165, 1.54) is 18.2 Å². The molecular weight excluding hydrogens is 365 g/mol. The number of hydrogen-bond acceptors (Lipinski definition) is 2. The molecule has 0 radical (unpaired) electrons. The highest BCUT2D eigenvalue weighted by atomic mass is 19.1. The van der Waals surface area contributed by atoms with Gasteiger partial charge in [0.1, 0.15) is 17.5 Å². The Hall–Kier alpha value is -2.31. The molecule has 3 nitrogen and oxygen atoms in total. The van der Waals surface area contributed by atoms with Crippen LogP contribution in [0, 0.1) is 23.4 Å². The number of ether oxygens (including phenoxy) is 1. The van der Waals surface area contributed by atoms with E-state index in [0.717, 1.165) is 48.8 Å². The zero-order valence-electron chi connectivity index (χ0n) is 15.7. The maximum Gasteiger partial charge on any atom is 0.150 e. The van der Waals surface area contributed by atoms with E-state index in [0.29, 0.717) is 23.4 Å². The molecule has 1 aliphatic carbocycles. The number of benzene rings is 2. The molecule has 2 N–H and O–H groups in total. The highest BCUT2D eigenvalue weighted by Crippen LogP contribution is 2.48. The number of methoxy groups -OCH3 is 1. The summed E-state index contributed by atoms with van der Waals surface area (Å²) in [5.41, 5.74) is 2.75. The Morgan fingerprint density at radius 3 is 2.54 bits per heavy atom. The maximum atomic E-state index is 14.4. The van der Waals surface area contributed by atoms with Crippen molar-refractivity contribution in [2.24, 2.45) is 5.92 Å². The van der Waals surface area contributed by atoms with E-state index in [1.807, 2.05) is 0 Å². The van der Waals surface area contributed by atoms with Gasteiger partial charge in [-0.3, -0.25) is 0 Å². The van der Waals surface area contributed by atoms with Crippen LogP contribution < -0.4 is 5.32 Å². The summed E-state index contributed by atoms with van der Waals surface area (Å²) in [7, 11) is 1.67. The van der Waals surface area contributed by atoms with E-state index in [4.69, 9.17) is 4.74 Å². The molecule has 2 aromatic carbocycles. The molecule has 0 bridgehead atoms. The van der Waals surface area contributed by atoms with Gasteiger partial charge in [-0.05, 0) is 72.7 Å². The number of aromatic amines is 1. The smallest absolute Gasteiger partial charge is 0.150 e. The first kappa shape index (κ1) is 19.0. The van der Waals surface area contributed by atoms with Gasteiger partial charge in [0.2, 0.25) is 0 Å². The second kappa shape index (κ2) is 7.97. The number of aromatic nitrogens is 1. The predicted octanol–water partition coefficient (Wildman–Crippen LogP) is 4.98. The number of hydrogen-bond donors (Lipinski definition) is 2. The lowest BCUT2D eigenvalue weighted by Gasteiger charge is -2.36. The molecule has 1 aliphatic rings. The van der Waals surface area contributed by atoms with Crippen molar-refractivity contribution >= 4 is 10.9 Å². The largest absolute Gasteiger partial charge is 0.383 e. The molecule has 1 fully saturated rings. The summed E-state index contributed by atoms with van der Waals surface area (Å²) in [5, 5.41) is 3.94. The molecule has 0 spiro atoms. The van der Waals surface area contributed by atoms with Gasteiger partial charge >= 0.3 is 0 Å². The van der Waals surface area contributed by atoms with Crippen LogP contribution in [-0.2, 0) is 4.74 Å². The molecule has 0 amide bonds. The fraction of sp³-hybridized carbons (Fsp3) is 0.364. The lowest BCUT2D eigenvalue weighted by Crippen LogP contribution is -2.33. The van der Waals surface area contributed by atoms with Crippen molar-refractivity contribution in [3.05, 3.63) is 59.4 Å². The molecule has 0 unspecified atom stereocenters. The normalized spacial score (nSPS) is 19.1.